The molecule has 2 N–H and O–H groups in total. The van der Waals surface area contributed by atoms with Crippen molar-refractivity contribution < 1.29 is 9.90 Å². The predicted molar refractivity (Wildman–Crippen MR) is 95.9 cm³/mol. The summed E-state index contributed by atoms with van der Waals surface area (Å²) >= 11 is 2.26. The first kappa shape index (κ1) is 14.8. The van der Waals surface area contributed by atoms with Crippen LogP contribution in [0, 0.1) is 10.5 Å². The Bertz CT molecular complexity index is 878. The van der Waals surface area contributed by atoms with E-state index >= 15 is 0 Å². The Morgan fingerprint density at radius 2 is 2.00 bits per heavy atom. The van der Waals surface area contributed by atoms with Crippen LogP contribution in [0.25, 0.3) is 10.9 Å². The van der Waals surface area contributed by atoms with Gasteiger partial charge in [-0.05, 0) is 72.0 Å². The maximum Gasteiger partial charge on any atom is 0.335 e. The van der Waals surface area contributed by atoms with Crippen molar-refractivity contribution in [2.45, 2.75) is 6.92 Å². The van der Waals surface area contributed by atoms with Gasteiger partial charge in [0.2, 0.25) is 0 Å². The van der Waals surface area contributed by atoms with Crippen molar-refractivity contribution in [3.05, 3.63) is 63.4 Å². The molecule has 1 heterocycles. The Balaban J connectivity index is 2.08. The van der Waals surface area contributed by atoms with E-state index < -0.39 is 5.97 Å². The molecule has 3 rings (SSSR count). The molecular formula is C17H13IN2O2. The number of carboxylic acids is 1. The van der Waals surface area contributed by atoms with E-state index in [0.29, 0.717) is 0 Å². The van der Waals surface area contributed by atoms with Crippen LogP contribution in [0.4, 0.5) is 11.4 Å². The van der Waals surface area contributed by atoms with E-state index in [1.54, 1.807) is 18.2 Å². The molecule has 0 atom stereocenters. The number of aromatic carboxylic acids is 1. The van der Waals surface area contributed by atoms with E-state index in [1.807, 2.05) is 31.2 Å². The first-order valence-electron chi connectivity index (χ1n) is 6.70. The molecular weight excluding hydrogens is 391 g/mol. The minimum Gasteiger partial charge on any atom is -0.478 e. The van der Waals surface area contributed by atoms with Crippen molar-refractivity contribution >= 4 is 50.8 Å². The highest BCUT2D eigenvalue weighted by Crippen LogP contribution is 2.28. The van der Waals surface area contributed by atoms with Crippen LogP contribution in [-0.4, -0.2) is 16.1 Å². The Morgan fingerprint density at radius 3 is 2.77 bits per heavy atom. The van der Waals surface area contributed by atoms with Crippen LogP contribution in [0.15, 0.2) is 48.5 Å². The molecule has 0 fully saturated rings. The molecule has 0 bridgehead atoms. The van der Waals surface area contributed by atoms with Gasteiger partial charge in [0.15, 0.2) is 0 Å². The number of anilines is 2. The van der Waals surface area contributed by atoms with Crippen LogP contribution in [0.2, 0.25) is 0 Å². The third-order valence-corrected chi connectivity index (χ3v) is 3.96. The van der Waals surface area contributed by atoms with Gasteiger partial charge < -0.3 is 10.4 Å². The van der Waals surface area contributed by atoms with Gasteiger partial charge in [0, 0.05) is 26.0 Å². The van der Waals surface area contributed by atoms with Crippen LogP contribution in [-0.2, 0) is 0 Å². The second-order valence-corrected chi connectivity index (χ2v) is 6.23. The van der Waals surface area contributed by atoms with Crippen molar-refractivity contribution in [2.75, 3.05) is 5.32 Å². The highest BCUT2D eigenvalue weighted by Gasteiger charge is 2.07. The maximum atomic E-state index is 11.1. The molecule has 0 radical (unpaired) electrons. The van der Waals surface area contributed by atoms with Gasteiger partial charge in [0.1, 0.15) is 0 Å². The SMILES string of the molecule is Cc1cc(Nc2cccc(C(=O)O)c2)c2cc(I)ccc2n1. The number of rotatable bonds is 3. The fraction of sp³-hybridized carbons (Fsp3) is 0.0588. The van der Waals surface area contributed by atoms with Gasteiger partial charge in [0.05, 0.1) is 11.1 Å². The monoisotopic (exact) mass is 404 g/mol. The summed E-state index contributed by atoms with van der Waals surface area (Å²) in [6, 6.07) is 14.8. The molecule has 0 saturated heterocycles. The molecule has 0 unspecified atom stereocenters. The van der Waals surface area contributed by atoms with E-state index in [-0.39, 0.29) is 5.56 Å². The van der Waals surface area contributed by atoms with Crippen molar-refractivity contribution in [3.8, 4) is 0 Å². The zero-order chi connectivity index (χ0) is 15.7. The number of halogens is 1. The molecule has 2 aromatic carbocycles. The molecule has 3 aromatic rings. The summed E-state index contributed by atoms with van der Waals surface area (Å²) < 4.78 is 1.12. The zero-order valence-electron chi connectivity index (χ0n) is 11.8. The fourth-order valence-electron chi connectivity index (χ4n) is 2.32. The number of benzene rings is 2. The number of fused-ring (bicyclic) bond motifs is 1. The lowest BCUT2D eigenvalue weighted by atomic mass is 10.1. The number of aryl methyl sites for hydroxylation is 1. The van der Waals surface area contributed by atoms with E-state index in [2.05, 4.69) is 39.0 Å². The summed E-state index contributed by atoms with van der Waals surface area (Å²) in [5, 5.41) is 13.4. The molecule has 1 aromatic heterocycles. The Morgan fingerprint density at radius 1 is 1.18 bits per heavy atom. The summed E-state index contributed by atoms with van der Waals surface area (Å²) in [4.78, 5) is 15.6. The number of hydrogen-bond donors (Lipinski definition) is 2. The lowest BCUT2D eigenvalue weighted by molar-refractivity contribution is 0.0697. The van der Waals surface area contributed by atoms with E-state index in [0.717, 1.165) is 31.5 Å². The molecule has 0 amide bonds. The van der Waals surface area contributed by atoms with E-state index in [9.17, 15) is 4.79 Å². The lowest BCUT2D eigenvalue weighted by Gasteiger charge is -2.11. The fourth-order valence-corrected chi connectivity index (χ4v) is 2.81. The highest BCUT2D eigenvalue weighted by atomic mass is 127. The summed E-state index contributed by atoms with van der Waals surface area (Å²) in [7, 11) is 0. The van der Waals surface area contributed by atoms with Gasteiger partial charge in [-0.15, -0.1) is 0 Å². The molecule has 4 nitrogen and oxygen atoms in total. The second kappa shape index (κ2) is 5.92. The van der Waals surface area contributed by atoms with Gasteiger partial charge in [0.25, 0.3) is 0 Å². The van der Waals surface area contributed by atoms with Crippen LogP contribution in [0.1, 0.15) is 16.1 Å². The minimum atomic E-state index is -0.936. The predicted octanol–water partition coefficient (Wildman–Crippen LogP) is 4.59. The minimum absolute atomic E-state index is 0.259. The van der Waals surface area contributed by atoms with E-state index in [1.165, 1.54) is 0 Å². The van der Waals surface area contributed by atoms with Crippen LogP contribution in [0.3, 0.4) is 0 Å². The average molecular weight is 404 g/mol. The zero-order valence-corrected chi connectivity index (χ0v) is 14.0. The first-order valence-corrected chi connectivity index (χ1v) is 7.78. The third-order valence-electron chi connectivity index (χ3n) is 3.29. The quantitative estimate of drug-likeness (QED) is 0.627. The van der Waals surface area contributed by atoms with Crippen molar-refractivity contribution in [1.82, 2.24) is 4.98 Å². The largest absolute Gasteiger partial charge is 0.478 e. The van der Waals surface area contributed by atoms with Crippen LogP contribution < -0.4 is 5.32 Å². The number of carboxylic acid groups (broad SMARTS) is 1. The Kier molecular flexibility index (Phi) is 3.98. The lowest BCUT2D eigenvalue weighted by Crippen LogP contribution is -1.99. The average Bonchev–Trinajstić information content (AvgIpc) is 2.48. The number of carbonyl (C=O) groups is 1. The molecule has 0 aliphatic carbocycles. The number of aromatic nitrogens is 1. The molecule has 5 heteroatoms. The molecule has 22 heavy (non-hydrogen) atoms. The van der Waals surface area contributed by atoms with Crippen molar-refractivity contribution in [1.29, 1.82) is 0 Å². The number of nitrogens with zero attached hydrogens (tertiary/aromatic N) is 1. The second-order valence-electron chi connectivity index (χ2n) is 4.98. The molecule has 0 saturated carbocycles. The summed E-state index contributed by atoms with van der Waals surface area (Å²) in [6.45, 7) is 1.94. The van der Waals surface area contributed by atoms with Gasteiger partial charge in [-0.3, -0.25) is 4.98 Å². The number of hydrogen-bond acceptors (Lipinski definition) is 3. The molecule has 0 spiro atoms. The highest BCUT2D eigenvalue weighted by molar-refractivity contribution is 14.1. The van der Waals surface area contributed by atoms with Gasteiger partial charge >= 0.3 is 5.97 Å². The molecule has 0 aliphatic rings. The standard InChI is InChI=1S/C17H13IN2O2/c1-10-7-16(14-9-12(18)5-6-15(14)19-10)20-13-4-2-3-11(8-13)17(21)22/h2-9H,1H3,(H,19,20)(H,21,22). The number of pyridine rings is 1. The Hall–Kier alpha value is -2.15. The topological polar surface area (TPSA) is 62.2 Å². The summed E-state index contributed by atoms with van der Waals surface area (Å²) in [5.41, 5.74) is 3.74. The molecule has 110 valence electrons. The van der Waals surface area contributed by atoms with Crippen LogP contribution >= 0.6 is 22.6 Å². The first-order chi connectivity index (χ1) is 10.5. The van der Waals surface area contributed by atoms with Gasteiger partial charge in [-0.25, -0.2) is 4.79 Å². The normalized spacial score (nSPS) is 10.6. The van der Waals surface area contributed by atoms with Gasteiger partial charge in [-0.1, -0.05) is 6.07 Å². The Labute approximate surface area is 141 Å². The van der Waals surface area contributed by atoms with Crippen molar-refractivity contribution in [3.63, 3.8) is 0 Å². The maximum absolute atomic E-state index is 11.1. The smallest absolute Gasteiger partial charge is 0.335 e. The van der Waals surface area contributed by atoms with E-state index in [4.69, 9.17) is 5.11 Å². The van der Waals surface area contributed by atoms with Gasteiger partial charge in [-0.2, -0.15) is 0 Å². The molecule has 0 aliphatic heterocycles. The van der Waals surface area contributed by atoms with Crippen LogP contribution in [0.5, 0.6) is 0 Å². The van der Waals surface area contributed by atoms with Crippen molar-refractivity contribution in [2.24, 2.45) is 0 Å². The number of nitrogens with one attached hydrogen (secondary N) is 1. The third kappa shape index (κ3) is 3.04. The summed E-state index contributed by atoms with van der Waals surface area (Å²) in [5.74, 6) is -0.936. The summed E-state index contributed by atoms with van der Waals surface area (Å²) in [6.07, 6.45) is 0.